The van der Waals surface area contributed by atoms with Crippen molar-refractivity contribution in [3.8, 4) is 5.75 Å². The van der Waals surface area contributed by atoms with E-state index in [0.717, 1.165) is 30.9 Å². The van der Waals surface area contributed by atoms with Gasteiger partial charge in [0.1, 0.15) is 5.75 Å². The first-order chi connectivity index (χ1) is 8.16. The molecule has 0 aromatic heterocycles. The molecular formula is C14H19NO2. The Balaban J connectivity index is 2.13. The van der Waals surface area contributed by atoms with Gasteiger partial charge in [-0.1, -0.05) is 26.0 Å². The fourth-order valence-electron chi connectivity index (χ4n) is 2.06. The van der Waals surface area contributed by atoms with Crippen molar-refractivity contribution >= 4 is 11.6 Å². The zero-order chi connectivity index (χ0) is 12.3. The lowest BCUT2D eigenvalue weighted by Crippen LogP contribution is -2.17. The highest BCUT2D eigenvalue weighted by molar-refractivity contribution is 5.92. The van der Waals surface area contributed by atoms with Crippen LogP contribution in [0.4, 0.5) is 5.69 Å². The van der Waals surface area contributed by atoms with Crippen LogP contribution in [0.2, 0.25) is 0 Å². The highest BCUT2D eigenvalue weighted by atomic mass is 16.5. The highest BCUT2D eigenvalue weighted by Crippen LogP contribution is 2.32. The molecule has 0 atom stereocenters. The molecule has 2 rings (SSSR count). The van der Waals surface area contributed by atoms with Gasteiger partial charge < -0.3 is 10.1 Å². The molecule has 1 amide bonds. The second-order valence-electron chi connectivity index (χ2n) is 4.89. The van der Waals surface area contributed by atoms with Crippen LogP contribution in [-0.4, -0.2) is 12.5 Å². The number of para-hydroxylation sites is 1. The minimum atomic E-state index is 0.0579. The maximum Gasteiger partial charge on any atom is 0.224 e. The van der Waals surface area contributed by atoms with E-state index < -0.39 is 0 Å². The first-order valence-corrected chi connectivity index (χ1v) is 6.21. The van der Waals surface area contributed by atoms with Crippen molar-refractivity contribution in [2.45, 2.75) is 33.1 Å². The van der Waals surface area contributed by atoms with Crippen LogP contribution >= 0.6 is 0 Å². The number of hydrogen-bond acceptors (Lipinski definition) is 2. The third-order valence-electron chi connectivity index (χ3n) is 2.80. The maximum atomic E-state index is 11.7. The fourth-order valence-corrected chi connectivity index (χ4v) is 2.06. The molecule has 0 aliphatic carbocycles. The second-order valence-corrected chi connectivity index (χ2v) is 4.89. The Bertz CT molecular complexity index is 413. The Kier molecular flexibility index (Phi) is 3.67. The number of benzene rings is 1. The van der Waals surface area contributed by atoms with Gasteiger partial charge in [-0.2, -0.15) is 0 Å². The van der Waals surface area contributed by atoms with Crippen LogP contribution in [0.1, 0.15) is 32.3 Å². The summed E-state index contributed by atoms with van der Waals surface area (Å²) in [5.41, 5.74) is 2.01. The van der Waals surface area contributed by atoms with E-state index in [1.165, 1.54) is 5.56 Å². The third-order valence-corrected chi connectivity index (χ3v) is 2.80. The molecule has 17 heavy (non-hydrogen) atoms. The molecule has 0 saturated heterocycles. The van der Waals surface area contributed by atoms with Gasteiger partial charge in [-0.15, -0.1) is 0 Å². The molecule has 0 saturated carbocycles. The number of nitrogens with one attached hydrogen (secondary N) is 1. The summed E-state index contributed by atoms with van der Waals surface area (Å²) in [5.74, 6) is 1.29. The van der Waals surface area contributed by atoms with Crippen molar-refractivity contribution in [3.63, 3.8) is 0 Å². The molecule has 92 valence electrons. The number of fused-ring (bicyclic) bond motifs is 1. The minimum absolute atomic E-state index is 0.0579. The Hall–Kier alpha value is -1.51. The van der Waals surface area contributed by atoms with E-state index in [-0.39, 0.29) is 5.91 Å². The van der Waals surface area contributed by atoms with Gasteiger partial charge in [-0.3, -0.25) is 4.79 Å². The zero-order valence-corrected chi connectivity index (χ0v) is 10.5. The van der Waals surface area contributed by atoms with E-state index in [2.05, 4.69) is 11.4 Å². The highest BCUT2D eigenvalue weighted by Gasteiger charge is 2.15. The summed E-state index contributed by atoms with van der Waals surface area (Å²) in [6, 6.07) is 5.94. The molecule has 0 fully saturated rings. The average Bonchev–Trinajstić information content (AvgIpc) is 2.28. The van der Waals surface area contributed by atoms with E-state index >= 15 is 0 Å². The predicted molar refractivity (Wildman–Crippen MR) is 68.3 cm³/mol. The van der Waals surface area contributed by atoms with Crippen LogP contribution in [0, 0.1) is 5.92 Å². The topological polar surface area (TPSA) is 38.3 Å². The van der Waals surface area contributed by atoms with E-state index in [1.54, 1.807) is 0 Å². The average molecular weight is 233 g/mol. The van der Waals surface area contributed by atoms with E-state index in [1.807, 2.05) is 26.0 Å². The number of aryl methyl sites for hydroxylation is 1. The molecule has 1 heterocycles. The molecule has 0 spiro atoms. The summed E-state index contributed by atoms with van der Waals surface area (Å²) >= 11 is 0. The lowest BCUT2D eigenvalue weighted by atomic mass is 10.0. The Morgan fingerprint density at radius 1 is 1.47 bits per heavy atom. The number of ether oxygens (including phenoxy) is 1. The fraction of sp³-hybridized carbons (Fsp3) is 0.500. The smallest absolute Gasteiger partial charge is 0.224 e. The summed E-state index contributed by atoms with van der Waals surface area (Å²) in [7, 11) is 0. The molecule has 3 heteroatoms. The van der Waals surface area contributed by atoms with Crippen molar-refractivity contribution < 1.29 is 9.53 Å². The number of rotatable bonds is 3. The first-order valence-electron chi connectivity index (χ1n) is 6.21. The second kappa shape index (κ2) is 5.21. The molecule has 1 aromatic rings. The van der Waals surface area contributed by atoms with Crippen molar-refractivity contribution in [2.75, 3.05) is 11.9 Å². The number of hydrogen-bond donors (Lipinski definition) is 1. The lowest BCUT2D eigenvalue weighted by Gasteiger charge is -2.20. The summed E-state index contributed by atoms with van der Waals surface area (Å²) in [5, 5.41) is 2.94. The van der Waals surface area contributed by atoms with E-state index in [9.17, 15) is 4.79 Å². The summed E-state index contributed by atoms with van der Waals surface area (Å²) in [4.78, 5) is 11.7. The summed E-state index contributed by atoms with van der Waals surface area (Å²) < 4.78 is 5.65. The van der Waals surface area contributed by atoms with Crippen molar-refractivity contribution in [1.82, 2.24) is 0 Å². The van der Waals surface area contributed by atoms with Crippen LogP contribution in [0.25, 0.3) is 0 Å². The molecule has 1 N–H and O–H groups in total. The first kappa shape index (κ1) is 12.0. The molecule has 3 nitrogen and oxygen atoms in total. The SMILES string of the molecule is CC(C)CC(=O)Nc1cccc2c1OCCC2. The molecular weight excluding hydrogens is 214 g/mol. The molecule has 0 unspecified atom stereocenters. The van der Waals surface area contributed by atoms with E-state index in [0.29, 0.717) is 12.3 Å². The molecule has 1 aliphatic rings. The van der Waals surface area contributed by atoms with Gasteiger partial charge >= 0.3 is 0 Å². The number of amides is 1. The van der Waals surface area contributed by atoms with E-state index in [4.69, 9.17) is 4.74 Å². The van der Waals surface area contributed by atoms with Crippen LogP contribution in [0.5, 0.6) is 5.75 Å². The van der Waals surface area contributed by atoms with Crippen LogP contribution < -0.4 is 10.1 Å². The van der Waals surface area contributed by atoms with Crippen molar-refractivity contribution in [3.05, 3.63) is 23.8 Å². The van der Waals surface area contributed by atoms with Gasteiger partial charge in [0.05, 0.1) is 12.3 Å². The number of anilines is 1. The predicted octanol–water partition coefficient (Wildman–Crippen LogP) is 3.00. The summed E-state index contributed by atoms with van der Waals surface area (Å²) in [6.45, 7) is 4.82. The number of carbonyl (C=O) groups is 1. The van der Waals surface area contributed by atoms with Crippen molar-refractivity contribution in [2.24, 2.45) is 5.92 Å². The largest absolute Gasteiger partial charge is 0.491 e. The van der Waals surface area contributed by atoms with Gasteiger partial charge in [0.2, 0.25) is 5.91 Å². The maximum absolute atomic E-state index is 11.7. The third kappa shape index (κ3) is 2.99. The lowest BCUT2D eigenvalue weighted by molar-refractivity contribution is -0.116. The Morgan fingerprint density at radius 2 is 2.29 bits per heavy atom. The van der Waals surface area contributed by atoms with Crippen LogP contribution in [-0.2, 0) is 11.2 Å². The van der Waals surface area contributed by atoms with Gasteiger partial charge in [0, 0.05) is 6.42 Å². The molecule has 0 bridgehead atoms. The molecule has 0 radical (unpaired) electrons. The normalized spacial score (nSPS) is 14.1. The monoisotopic (exact) mass is 233 g/mol. The molecule has 1 aromatic carbocycles. The van der Waals surface area contributed by atoms with Crippen LogP contribution in [0.15, 0.2) is 18.2 Å². The Morgan fingerprint density at radius 3 is 3.06 bits per heavy atom. The standard InChI is InChI=1S/C14H19NO2/c1-10(2)9-13(16)15-12-7-3-5-11-6-4-8-17-14(11)12/h3,5,7,10H,4,6,8-9H2,1-2H3,(H,15,16). The van der Waals surface area contributed by atoms with Gasteiger partial charge in [0.25, 0.3) is 0 Å². The summed E-state index contributed by atoms with van der Waals surface area (Å²) in [6.07, 6.45) is 2.63. The van der Waals surface area contributed by atoms with Gasteiger partial charge in [0.15, 0.2) is 0 Å². The van der Waals surface area contributed by atoms with Crippen LogP contribution in [0.3, 0.4) is 0 Å². The van der Waals surface area contributed by atoms with Crippen molar-refractivity contribution in [1.29, 1.82) is 0 Å². The quantitative estimate of drug-likeness (QED) is 0.871. The Labute approximate surface area is 102 Å². The minimum Gasteiger partial charge on any atom is -0.491 e. The van der Waals surface area contributed by atoms with Gasteiger partial charge in [-0.05, 0) is 30.4 Å². The van der Waals surface area contributed by atoms with Gasteiger partial charge in [-0.25, -0.2) is 0 Å². The number of carbonyl (C=O) groups excluding carboxylic acids is 1. The zero-order valence-electron chi connectivity index (χ0n) is 10.5. The molecule has 1 aliphatic heterocycles.